The summed E-state index contributed by atoms with van der Waals surface area (Å²) < 4.78 is 87.1. The van der Waals surface area contributed by atoms with Crippen LogP contribution in [0.3, 0.4) is 0 Å². The van der Waals surface area contributed by atoms with E-state index in [1.807, 2.05) is 0 Å². The molecule has 3 aromatic rings. The standard InChI is InChI=1S/C19H17BrF4N4O3S/c1-3-28-17(25-26-18(28)31-15-6-4-14(21)5-7-15)11(2)27-32(29,30)16-9-12(19(22,23)24)8-13(20)10-16/h4-11,27H,3H2,1-2H3/t11-/m1/s1. The van der Waals surface area contributed by atoms with Crippen LogP contribution in [-0.2, 0) is 22.7 Å². The molecule has 0 aliphatic carbocycles. The molecule has 1 aromatic heterocycles. The molecular formula is C19H17BrF4N4O3S. The Morgan fingerprint density at radius 2 is 1.81 bits per heavy atom. The Morgan fingerprint density at radius 1 is 1.16 bits per heavy atom. The lowest BCUT2D eigenvalue weighted by atomic mass is 10.2. The molecule has 0 bridgehead atoms. The summed E-state index contributed by atoms with van der Waals surface area (Å²) in [5.74, 6) is 0.0283. The van der Waals surface area contributed by atoms with Crippen molar-refractivity contribution in [3.8, 4) is 11.8 Å². The molecule has 0 fully saturated rings. The van der Waals surface area contributed by atoms with Gasteiger partial charge in [-0.2, -0.15) is 13.2 Å². The van der Waals surface area contributed by atoms with Gasteiger partial charge in [-0.25, -0.2) is 17.5 Å². The molecule has 0 aliphatic heterocycles. The molecule has 0 radical (unpaired) electrons. The molecule has 0 amide bonds. The average Bonchev–Trinajstić information content (AvgIpc) is 3.11. The number of hydrogen-bond acceptors (Lipinski definition) is 5. The van der Waals surface area contributed by atoms with Crippen molar-refractivity contribution in [1.29, 1.82) is 0 Å². The number of halogens is 5. The van der Waals surface area contributed by atoms with Crippen LogP contribution >= 0.6 is 15.9 Å². The number of alkyl halides is 3. The molecule has 1 atom stereocenters. The lowest BCUT2D eigenvalue weighted by molar-refractivity contribution is -0.137. The van der Waals surface area contributed by atoms with E-state index in [0.29, 0.717) is 18.4 Å². The second-order valence-corrected chi connectivity index (χ2v) is 9.29. The number of rotatable bonds is 7. The minimum Gasteiger partial charge on any atom is -0.424 e. The maximum atomic E-state index is 13.1. The highest BCUT2D eigenvalue weighted by Gasteiger charge is 2.33. The summed E-state index contributed by atoms with van der Waals surface area (Å²) in [5, 5.41) is 7.85. The van der Waals surface area contributed by atoms with E-state index >= 15 is 0 Å². The van der Waals surface area contributed by atoms with Gasteiger partial charge in [-0.1, -0.05) is 21.0 Å². The highest BCUT2D eigenvalue weighted by atomic mass is 79.9. The first-order valence-corrected chi connectivity index (χ1v) is 11.4. The number of benzene rings is 2. The third-order valence-electron chi connectivity index (χ3n) is 4.31. The van der Waals surface area contributed by atoms with E-state index in [-0.39, 0.29) is 16.3 Å². The van der Waals surface area contributed by atoms with Crippen molar-refractivity contribution >= 4 is 26.0 Å². The third kappa shape index (κ3) is 5.45. The molecule has 0 aliphatic rings. The molecule has 0 saturated carbocycles. The molecule has 0 unspecified atom stereocenters. The lowest BCUT2D eigenvalue weighted by Crippen LogP contribution is -2.29. The molecular weight excluding hydrogens is 520 g/mol. The number of aromatic nitrogens is 3. The van der Waals surface area contributed by atoms with E-state index in [4.69, 9.17) is 4.74 Å². The fourth-order valence-electron chi connectivity index (χ4n) is 2.84. The van der Waals surface area contributed by atoms with Gasteiger partial charge in [0.25, 0.3) is 0 Å². The van der Waals surface area contributed by atoms with Crippen molar-refractivity contribution in [2.75, 3.05) is 0 Å². The SMILES string of the molecule is CCn1c(Oc2ccc(F)cc2)nnc1[C@@H](C)NS(=O)(=O)c1cc(Br)cc(C(F)(F)F)c1. The van der Waals surface area contributed by atoms with Crippen LogP contribution in [0.25, 0.3) is 0 Å². The molecule has 1 N–H and O–H groups in total. The molecule has 7 nitrogen and oxygen atoms in total. The summed E-state index contributed by atoms with van der Waals surface area (Å²) in [5.41, 5.74) is -1.10. The predicted octanol–water partition coefficient (Wildman–Crippen LogP) is 5.05. The fraction of sp³-hybridized carbons (Fsp3) is 0.263. The zero-order valence-corrected chi connectivity index (χ0v) is 19.1. The predicted molar refractivity (Wildman–Crippen MR) is 110 cm³/mol. The summed E-state index contributed by atoms with van der Waals surface area (Å²) in [7, 11) is -4.34. The molecule has 13 heteroatoms. The van der Waals surface area contributed by atoms with Gasteiger partial charge in [0.1, 0.15) is 11.6 Å². The van der Waals surface area contributed by atoms with Crippen molar-refractivity contribution < 1.29 is 30.7 Å². The highest BCUT2D eigenvalue weighted by molar-refractivity contribution is 9.10. The van der Waals surface area contributed by atoms with Crippen LogP contribution in [-0.4, -0.2) is 23.2 Å². The van der Waals surface area contributed by atoms with Gasteiger partial charge >= 0.3 is 12.2 Å². The highest BCUT2D eigenvalue weighted by Crippen LogP contribution is 2.33. The van der Waals surface area contributed by atoms with E-state index in [9.17, 15) is 26.0 Å². The van der Waals surface area contributed by atoms with Crippen LogP contribution in [0.1, 0.15) is 31.3 Å². The maximum Gasteiger partial charge on any atom is 0.416 e. The Kier molecular flexibility index (Phi) is 6.91. The van der Waals surface area contributed by atoms with Gasteiger partial charge in [0, 0.05) is 11.0 Å². The maximum absolute atomic E-state index is 13.1. The van der Waals surface area contributed by atoms with E-state index in [1.54, 1.807) is 6.92 Å². The second kappa shape index (κ2) is 9.16. The molecule has 172 valence electrons. The summed E-state index contributed by atoms with van der Waals surface area (Å²) in [6, 6.07) is 6.68. The van der Waals surface area contributed by atoms with Gasteiger partial charge < -0.3 is 4.74 Å². The topological polar surface area (TPSA) is 86.1 Å². The molecule has 3 rings (SSSR count). The summed E-state index contributed by atoms with van der Waals surface area (Å²) >= 11 is 2.91. The van der Waals surface area contributed by atoms with Gasteiger partial charge in [-0.15, -0.1) is 5.10 Å². The largest absolute Gasteiger partial charge is 0.424 e. The van der Waals surface area contributed by atoms with Crippen LogP contribution in [0.2, 0.25) is 0 Å². The Morgan fingerprint density at radius 3 is 2.41 bits per heavy atom. The Balaban J connectivity index is 1.87. The first kappa shape index (κ1) is 24.1. The van der Waals surface area contributed by atoms with Crippen molar-refractivity contribution in [3.05, 3.63) is 64.1 Å². The third-order valence-corrected chi connectivity index (χ3v) is 6.29. The molecule has 2 aromatic carbocycles. The fourth-order valence-corrected chi connectivity index (χ4v) is 4.75. The van der Waals surface area contributed by atoms with Crippen molar-refractivity contribution in [2.24, 2.45) is 0 Å². The van der Waals surface area contributed by atoms with Crippen molar-refractivity contribution in [3.63, 3.8) is 0 Å². The van der Waals surface area contributed by atoms with Crippen molar-refractivity contribution in [1.82, 2.24) is 19.5 Å². The van der Waals surface area contributed by atoms with E-state index in [2.05, 4.69) is 30.8 Å². The number of hydrogen-bond donors (Lipinski definition) is 1. The smallest absolute Gasteiger partial charge is 0.416 e. The zero-order valence-electron chi connectivity index (χ0n) is 16.7. The Labute approximate surface area is 189 Å². The Bertz CT molecular complexity index is 1210. The first-order valence-electron chi connectivity index (χ1n) is 9.17. The first-order chi connectivity index (χ1) is 14.9. The summed E-state index contributed by atoms with van der Waals surface area (Å²) in [6.45, 7) is 3.52. The Hall–Kier alpha value is -2.51. The zero-order chi connectivity index (χ0) is 23.7. The van der Waals surface area contributed by atoms with Crippen LogP contribution in [0.15, 0.2) is 51.8 Å². The van der Waals surface area contributed by atoms with Gasteiger partial charge in [0.2, 0.25) is 10.0 Å². The van der Waals surface area contributed by atoms with Crippen LogP contribution in [0.4, 0.5) is 17.6 Å². The van der Waals surface area contributed by atoms with Crippen LogP contribution in [0, 0.1) is 5.82 Å². The molecule has 32 heavy (non-hydrogen) atoms. The second-order valence-electron chi connectivity index (χ2n) is 6.66. The number of sulfonamides is 1. The monoisotopic (exact) mass is 536 g/mol. The van der Waals surface area contributed by atoms with Gasteiger partial charge in [0.05, 0.1) is 16.5 Å². The number of nitrogens with one attached hydrogen (secondary N) is 1. The average molecular weight is 537 g/mol. The normalized spacial score (nSPS) is 13.2. The summed E-state index contributed by atoms with van der Waals surface area (Å²) in [4.78, 5) is -0.559. The molecule has 1 heterocycles. The van der Waals surface area contributed by atoms with Crippen molar-refractivity contribution in [2.45, 2.75) is 37.5 Å². The summed E-state index contributed by atoms with van der Waals surface area (Å²) in [6.07, 6.45) is -4.71. The van der Waals surface area contributed by atoms with Gasteiger partial charge in [-0.3, -0.25) is 4.57 Å². The van der Waals surface area contributed by atoms with E-state index in [0.717, 1.165) is 12.1 Å². The minimum atomic E-state index is -4.71. The van der Waals surface area contributed by atoms with E-state index < -0.39 is 38.5 Å². The quantitative estimate of drug-likeness (QED) is 0.427. The number of ether oxygens (including phenoxy) is 1. The van der Waals surface area contributed by atoms with Gasteiger partial charge in [-0.05, 0) is 56.3 Å². The lowest BCUT2D eigenvalue weighted by Gasteiger charge is -2.16. The molecule has 0 saturated heterocycles. The number of nitrogens with zero attached hydrogens (tertiary/aromatic N) is 3. The van der Waals surface area contributed by atoms with Crippen LogP contribution in [0.5, 0.6) is 11.8 Å². The van der Waals surface area contributed by atoms with E-state index in [1.165, 1.54) is 35.8 Å². The molecule has 0 spiro atoms. The van der Waals surface area contributed by atoms with Gasteiger partial charge in [0.15, 0.2) is 5.82 Å². The van der Waals surface area contributed by atoms with Crippen LogP contribution < -0.4 is 9.46 Å². The minimum absolute atomic E-state index is 0.0351.